The fourth-order valence-electron chi connectivity index (χ4n) is 1.94. The summed E-state index contributed by atoms with van der Waals surface area (Å²) in [5.41, 5.74) is 1.66. The molecule has 1 aromatic heterocycles. The van der Waals surface area contributed by atoms with E-state index in [1.165, 1.54) is 0 Å². The SMILES string of the molecule is Cc1ccc(NC(=O)Nc2ccc3c(c2)OCCO3)nc1. The molecule has 0 bridgehead atoms. The number of rotatable bonds is 2. The van der Waals surface area contributed by atoms with Gasteiger partial charge in [0.1, 0.15) is 19.0 Å². The highest BCUT2D eigenvalue weighted by atomic mass is 16.6. The number of ether oxygens (including phenoxy) is 2. The third-order valence-corrected chi connectivity index (χ3v) is 2.95. The van der Waals surface area contributed by atoms with E-state index in [0.717, 1.165) is 5.56 Å². The van der Waals surface area contributed by atoms with Crippen LogP contribution in [-0.4, -0.2) is 24.2 Å². The van der Waals surface area contributed by atoms with Crippen LogP contribution in [0.4, 0.5) is 16.3 Å². The summed E-state index contributed by atoms with van der Waals surface area (Å²) in [6.45, 7) is 2.99. The van der Waals surface area contributed by atoms with Crippen LogP contribution in [0.2, 0.25) is 0 Å². The van der Waals surface area contributed by atoms with Gasteiger partial charge in [0.15, 0.2) is 11.5 Å². The van der Waals surface area contributed by atoms with E-state index in [1.54, 1.807) is 30.5 Å². The van der Waals surface area contributed by atoms with Crippen LogP contribution >= 0.6 is 0 Å². The second kappa shape index (κ2) is 5.70. The van der Waals surface area contributed by atoms with Gasteiger partial charge in [-0.2, -0.15) is 0 Å². The molecule has 2 amide bonds. The van der Waals surface area contributed by atoms with Crippen LogP contribution in [0.1, 0.15) is 5.56 Å². The molecular weight excluding hydrogens is 270 g/mol. The maximum absolute atomic E-state index is 11.9. The van der Waals surface area contributed by atoms with Crippen LogP contribution in [0.15, 0.2) is 36.5 Å². The number of carbonyl (C=O) groups is 1. The number of anilines is 2. The van der Waals surface area contributed by atoms with E-state index in [0.29, 0.717) is 36.2 Å². The minimum Gasteiger partial charge on any atom is -0.486 e. The van der Waals surface area contributed by atoms with Crippen LogP contribution in [0.5, 0.6) is 11.5 Å². The monoisotopic (exact) mass is 285 g/mol. The van der Waals surface area contributed by atoms with Crippen LogP contribution in [0, 0.1) is 6.92 Å². The lowest BCUT2D eigenvalue weighted by molar-refractivity contribution is 0.171. The smallest absolute Gasteiger partial charge is 0.324 e. The van der Waals surface area contributed by atoms with Crippen molar-refractivity contribution < 1.29 is 14.3 Å². The quantitative estimate of drug-likeness (QED) is 0.890. The molecule has 2 heterocycles. The average molecular weight is 285 g/mol. The normalized spacial score (nSPS) is 12.6. The van der Waals surface area contributed by atoms with E-state index in [9.17, 15) is 4.79 Å². The molecule has 1 aromatic carbocycles. The molecule has 0 fully saturated rings. The van der Waals surface area contributed by atoms with Crippen LogP contribution in [0.3, 0.4) is 0 Å². The standard InChI is InChI=1S/C15H15N3O3/c1-10-2-5-14(16-9-10)18-15(19)17-11-3-4-12-13(8-11)21-7-6-20-12/h2-5,8-9H,6-7H2,1H3,(H2,16,17,18,19). The fraction of sp³-hybridized carbons (Fsp3) is 0.200. The number of fused-ring (bicyclic) bond motifs is 1. The maximum atomic E-state index is 11.9. The number of hydrogen-bond acceptors (Lipinski definition) is 4. The molecule has 108 valence electrons. The van der Waals surface area contributed by atoms with Gasteiger partial charge in [-0.3, -0.25) is 5.32 Å². The van der Waals surface area contributed by atoms with Crippen molar-refractivity contribution in [3.05, 3.63) is 42.1 Å². The summed E-state index contributed by atoms with van der Waals surface area (Å²) in [5.74, 6) is 1.82. The van der Waals surface area contributed by atoms with Crippen molar-refractivity contribution in [2.24, 2.45) is 0 Å². The second-order valence-corrected chi connectivity index (χ2v) is 4.66. The van der Waals surface area contributed by atoms with Crippen LogP contribution in [-0.2, 0) is 0 Å². The van der Waals surface area contributed by atoms with Gasteiger partial charge < -0.3 is 14.8 Å². The van der Waals surface area contributed by atoms with Gasteiger partial charge in [-0.25, -0.2) is 9.78 Å². The summed E-state index contributed by atoms with van der Waals surface area (Å²) < 4.78 is 10.9. The molecule has 2 N–H and O–H groups in total. The zero-order valence-corrected chi connectivity index (χ0v) is 11.6. The molecule has 1 aliphatic rings. The Kier molecular flexibility index (Phi) is 3.59. The van der Waals surface area contributed by atoms with Crippen molar-refractivity contribution in [3.8, 4) is 11.5 Å². The highest BCUT2D eigenvalue weighted by Crippen LogP contribution is 2.32. The molecular formula is C15H15N3O3. The molecule has 21 heavy (non-hydrogen) atoms. The van der Waals surface area contributed by atoms with Crippen molar-refractivity contribution in [3.63, 3.8) is 0 Å². The van der Waals surface area contributed by atoms with Crippen molar-refractivity contribution in [2.45, 2.75) is 6.92 Å². The maximum Gasteiger partial charge on any atom is 0.324 e. The first-order chi connectivity index (χ1) is 10.2. The summed E-state index contributed by atoms with van der Waals surface area (Å²) in [5, 5.41) is 5.39. The van der Waals surface area contributed by atoms with E-state index < -0.39 is 0 Å². The Morgan fingerprint density at radius 2 is 1.90 bits per heavy atom. The van der Waals surface area contributed by atoms with E-state index >= 15 is 0 Å². The molecule has 0 atom stereocenters. The first kappa shape index (κ1) is 13.2. The molecule has 0 saturated carbocycles. The molecule has 0 spiro atoms. The van der Waals surface area contributed by atoms with Gasteiger partial charge in [0.25, 0.3) is 0 Å². The predicted octanol–water partition coefficient (Wildman–Crippen LogP) is 2.81. The summed E-state index contributed by atoms with van der Waals surface area (Å²) >= 11 is 0. The zero-order valence-electron chi connectivity index (χ0n) is 11.6. The number of hydrogen-bond donors (Lipinski definition) is 2. The summed E-state index contributed by atoms with van der Waals surface area (Å²) in [7, 11) is 0. The number of carbonyl (C=O) groups excluding carboxylic acids is 1. The topological polar surface area (TPSA) is 72.5 Å². The molecule has 0 aliphatic carbocycles. The molecule has 6 nitrogen and oxygen atoms in total. The summed E-state index contributed by atoms with van der Waals surface area (Å²) in [6, 6.07) is 8.54. The summed E-state index contributed by atoms with van der Waals surface area (Å²) in [4.78, 5) is 16.0. The number of nitrogens with one attached hydrogen (secondary N) is 2. The van der Waals surface area contributed by atoms with Gasteiger partial charge >= 0.3 is 6.03 Å². The van der Waals surface area contributed by atoms with E-state index in [-0.39, 0.29) is 6.03 Å². The van der Waals surface area contributed by atoms with Crippen molar-refractivity contribution in [1.82, 2.24) is 4.98 Å². The van der Waals surface area contributed by atoms with Gasteiger partial charge in [0.05, 0.1) is 0 Å². The van der Waals surface area contributed by atoms with Gasteiger partial charge in [-0.1, -0.05) is 6.07 Å². The van der Waals surface area contributed by atoms with Gasteiger partial charge in [0.2, 0.25) is 0 Å². The third-order valence-electron chi connectivity index (χ3n) is 2.95. The molecule has 0 saturated heterocycles. The Morgan fingerprint density at radius 1 is 1.10 bits per heavy atom. The number of aromatic nitrogens is 1. The first-order valence-corrected chi connectivity index (χ1v) is 6.61. The Hall–Kier alpha value is -2.76. The number of urea groups is 1. The zero-order chi connectivity index (χ0) is 14.7. The largest absolute Gasteiger partial charge is 0.486 e. The molecule has 0 unspecified atom stereocenters. The van der Waals surface area contributed by atoms with E-state index in [2.05, 4.69) is 15.6 Å². The van der Waals surface area contributed by atoms with Crippen LogP contribution in [0.25, 0.3) is 0 Å². The van der Waals surface area contributed by atoms with Gasteiger partial charge in [-0.05, 0) is 30.7 Å². The van der Waals surface area contributed by atoms with Crippen molar-refractivity contribution >= 4 is 17.5 Å². The average Bonchev–Trinajstić information content (AvgIpc) is 2.49. The Bertz CT molecular complexity index is 656. The second-order valence-electron chi connectivity index (χ2n) is 4.66. The van der Waals surface area contributed by atoms with Crippen molar-refractivity contribution in [1.29, 1.82) is 0 Å². The molecule has 0 radical (unpaired) electrons. The number of pyridine rings is 1. The molecule has 3 rings (SSSR count). The highest BCUT2D eigenvalue weighted by molar-refractivity contribution is 5.99. The lowest BCUT2D eigenvalue weighted by Crippen LogP contribution is -2.20. The molecule has 1 aliphatic heterocycles. The number of benzene rings is 1. The number of amides is 2. The predicted molar refractivity (Wildman–Crippen MR) is 79.0 cm³/mol. The summed E-state index contributed by atoms with van der Waals surface area (Å²) in [6.07, 6.45) is 1.69. The highest BCUT2D eigenvalue weighted by Gasteiger charge is 2.12. The number of nitrogens with zero attached hydrogens (tertiary/aromatic N) is 1. The third kappa shape index (κ3) is 3.22. The minimum absolute atomic E-state index is 0.358. The Balaban J connectivity index is 1.65. The lowest BCUT2D eigenvalue weighted by Gasteiger charge is -2.19. The Morgan fingerprint density at radius 3 is 2.67 bits per heavy atom. The van der Waals surface area contributed by atoms with Gasteiger partial charge in [0, 0.05) is 18.0 Å². The van der Waals surface area contributed by atoms with E-state index in [1.807, 2.05) is 13.0 Å². The van der Waals surface area contributed by atoms with E-state index in [4.69, 9.17) is 9.47 Å². The Labute approximate surface area is 122 Å². The van der Waals surface area contributed by atoms with Gasteiger partial charge in [-0.15, -0.1) is 0 Å². The number of aryl methyl sites for hydroxylation is 1. The first-order valence-electron chi connectivity index (χ1n) is 6.61. The van der Waals surface area contributed by atoms with Crippen molar-refractivity contribution in [2.75, 3.05) is 23.8 Å². The fourth-order valence-corrected chi connectivity index (χ4v) is 1.94. The molecule has 2 aromatic rings. The molecule has 6 heteroatoms. The lowest BCUT2D eigenvalue weighted by atomic mass is 10.2. The van der Waals surface area contributed by atoms with Crippen LogP contribution < -0.4 is 20.1 Å². The minimum atomic E-state index is -0.358.